The lowest BCUT2D eigenvalue weighted by Gasteiger charge is -2.05. The van der Waals surface area contributed by atoms with Gasteiger partial charge in [-0.2, -0.15) is 8.42 Å². The maximum Gasteiger partial charge on any atom is 0.323 e. The molecule has 0 aliphatic rings. The highest BCUT2D eigenvalue weighted by Crippen LogP contribution is 2.18. The lowest BCUT2D eigenvalue weighted by Crippen LogP contribution is -2.20. The van der Waals surface area contributed by atoms with Gasteiger partial charge in [-0.1, -0.05) is 15.9 Å². The largest absolute Gasteiger partial charge is 0.382 e. The van der Waals surface area contributed by atoms with Crippen LogP contribution in [-0.2, 0) is 20.0 Å². The molecule has 0 fully saturated rings. The molecule has 90 valence electrons. The molecule has 0 amide bonds. The molecule has 0 unspecified atom stereocenters. The average Bonchev–Trinajstić information content (AvgIpc) is 2.04. The van der Waals surface area contributed by atoms with E-state index in [4.69, 9.17) is 0 Å². The topological polar surface area (TPSA) is 77.5 Å². The summed E-state index contributed by atoms with van der Waals surface area (Å²) in [5.74, 6) is 0.0758. The fourth-order valence-electron chi connectivity index (χ4n) is 0.923. The van der Waals surface area contributed by atoms with Gasteiger partial charge in [0.1, 0.15) is 5.75 Å². The number of halogens is 1. The van der Waals surface area contributed by atoms with Crippen LogP contribution in [0.4, 0.5) is 0 Å². The van der Waals surface area contributed by atoms with Crippen molar-refractivity contribution in [2.75, 3.05) is 11.3 Å². The van der Waals surface area contributed by atoms with E-state index in [0.717, 1.165) is 10.7 Å². The molecule has 0 aliphatic heterocycles. The van der Waals surface area contributed by atoms with Crippen LogP contribution in [0.1, 0.15) is 0 Å². The fraction of sp³-hybridized carbons (Fsp3) is 0.250. The van der Waals surface area contributed by atoms with Crippen LogP contribution in [0.2, 0.25) is 0 Å². The third-order valence-electron chi connectivity index (χ3n) is 1.40. The van der Waals surface area contributed by atoms with E-state index in [1.54, 1.807) is 12.1 Å². The first-order valence-electron chi connectivity index (χ1n) is 4.03. The minimum absolute atomic E-state index is 0.0758. The Morgan fingerprint density at radius 3 is 2.06 bits per heavy atom. The van der Waals surface area contributed by atoms with Crippen molar-refractivity contribution in [1.82, 2.24) is 0 Å². The van der Waals surface area contributed by atoms with Crippen molar-refractivity contribution in [3.63, 3.8) is 0 Å². The van der Waals surface area contributed by atoms with E-state index in [1.165, 1.54) is 12.1 Å². The Morgan fingerprint density at radius 2 is 1.62 bits per heavy atom. The number of hydrogen-bond acceptors (Lipinski definition) is 5. The standard InChI is InChI=1S/C8H9BrO5S2/c1-15(10,11)6-16(12,13)14-8-4-2-7(9)3-5-8/h2-5H,6H2,1H3. The summed E-state index contributed by atoms with van der Waals surface area (Å²) in [6.07, 6.45) is 0.829. The van der Waals surface area contributed by atoms with Gasteiger partial charge >= 0.3 is 10.1 Å². The molecule has 0 saturated heterocycles. The predicted molar refractivity (Wildman–Crippen MR) is 63.4 cm³/mol. The Labute approximate surface area is 103 Å². The molecule has 0 saturated carbocycles. The normalized spacial score (nSPS) is 12.4. The van der Waals surface area contributed by atoms with E-state index in [1.807, 2.05) is 0 Å². The van der Waals surface area contributed by atoms with Gasteiger partial charge in [0.2, 0.25) is 0 Å². The highest BCUT2D eigenvalue weighted by Gasteiger charge is 2.20. The predicted octanol–water partition coefficient (Wildman–Crippen LogP) is 1.16. The number of sulfone groups is 1. The van der Waals surface area contributed by atoms with Crippen LogP contribution < -0.4 is 4.18 Å². The molecule has 5 nitrogen and oxygen atoms in total. The number of rotatable bonds is 4. The van der Waals surface area contributed by atoms with Crippen molar-refractivity contribution < 1.29 is 21.0 Å². The van der Waals surface area contributed by atoms with Gasteiger partial charge < -0.3 is 4.18 Å². The van der Waals surface area contributed by atoms with Crippen molar-refractivity contribution in [3.05, 3.63) is 28.7 Å². The zero-order valence-electron chi connectivity index (χ0n) is 8.25. The van der Waals surface area contributed by atoms with E-state index in [9.17, 15) is 16.8 Å². The van der Waals surface area contributed by atoms with E-state index in [-0.39, 0.29) is 5.75 Å². The Bertz CT molecular complexity index is 559. The van der Waals surface area contributed by atoms with Crippen LogP contribution in [0.5, 0.6) is 5.75 Å². The lowest BCUT2D eigenvalue weighted by molar-refractivity contribution is 0.490. The molecule has 1 aromatic rings. The van der Waals surface area contributed by atoms with Crippen molar-refractivity contribution in [2.24, 2.45) is 0 Å². The second kappa shape index (κ2) is 4.72. The van der Waals surface area contributed by atoms with E-state index < -0.39 is 25.0 Å². The van der Waals surface area contributed by atoms with Gasteiger partial charge in [-0.25, -0.2) is 8.42 Å². The van der Waals surface area contributed by atoms with Crippen molar-refractivity contribution in [1.29, 1.82) is 0 Å². The summed E-state index contributed by atoms with van der Waals surface area (Å²) in [7, 11) is -7.74. The first kappa shape index (κ1) is 13.5. The Morgan fingerprint density at radius 1 is 1.12 bits per heavy atom. The molecule has 0 heterocycles. The molecule has 0 radical (unpaired) electrons. The molecule has 0 spiro atoms. The molecule has 0 N–H and O–H groups in total. The first-order valence-corrected chi connectivity index (χ1v) is 8.46. The monoisotopic (exact) mass is 328 g/mol. The first-order chi connectivity index (χ1) is 7.18. The second-order valence-corrected chi connectivity index (χ2v) is 8.13. The molecule has 8 heteroatoms. The van der Waals surface area contributed by atoms with Crippen LogP contribution in [-0.4, -0.2) is 28.2 Å². The zero-order valence-corrected chi connectivity index (χ0v) is 11.5. The van der Waals surface area contributed by atoms with Crippen molar-refractivity contribution in [2.45, 2.75) is 0 Å². The molecule has 0 atom stereocenters. The van der Waals surface area contributed by atoms with Gasteiger partial charge in [0, 0.05) is 10.7 Å². The molecule has 0 aliphatic carbocycles. The van der Waals surface area contributed by atoms with Gasteiger partial charge in [0.25, 0.3) is 0 Å². The van der Waals surface area contributed by atoms with Crippen LogP contribution in [0.3, 0.4) is 0 Å². The summed E-state index contributed by atoms with van der Waals surface area (Å²) in [6.45, 7) is 0. The third kappa shape index (κ3) is 4.95. The minimum Gasteiger partial charge on any atom is -0.382 e. The Balaban J connectivity index is 2.85. The second-order valence-electron chi connectivity index (χ2n) is 3.14. The Kier molecular flexibility index (Phi) is 3.97. The number of hydrogen-bond donors (Lipinski definition) is 0. The van der Waals surface area contributed by atoms with Gasteiger partial charge in [0.05, 0.1) is 0 Å². The quantitative estimate of drug-likeness (QED) is 0.775. The van der Waals surface area contributed by atoms with Gasteiger partial charge in [-0.3, -0.25) is 0 Å². The molecule has 0 bridgehead atoms. The summed E-state index contributed by atoms with van der Waals surface area (Å²) < 4.78 is 49.6. The Hall–Kier alpha value is -0.600. The molecule has 1 rings (SSSR count). The summed E-state index contributed by atoms with van der Waals surface area (Å²) in [4.78, 5) is 0. The van der Waals surface area contributed by atoms with Crippen molar-refractivity contribution in [3.8, 4) is 5.75 Å². The summed E-state index contributed by atoms with van der Waals surface area (Å²) >= 11 is 3.17. The van der Waals surface area contributed by atoms with Crippen LogP contribution >= 0.6 is 15.9 Å². The molecular weight excluding hydrogens is 320 g/mol. The van der Waals surface area contributed by atoms with E-state index in [0.29, 0.717) is 0 Å². The maximum absolute atomic E-state index is 11.3. The fourth-order valence-corrected chi connectivity index (χ4v) is 3.88. The highest BCUT2D eigenvalue weighted by atomic mass is 79.9. The smallest absolute Gasteiger partial charge is 0.323 e. The third-order valence-corrected chi connectivity index (χ3v) is 5.24. The van der Waals surface area contributed by atoms with Crippen LogP contribution in [0.25, 0.3) is 0 Å². The molecule has 1 aromatic carbocycles. The summed E-state index contributed by atoms with van der Waals surface area (Å²) in [6, 6.07) is 6.02. The average molecular weight is 329 g/mol. The molecule has 16 heavy (non-hydrogen) atoms. The SMILES string of the molecule is CS(=O)(=O)CS(=O)(=O)Oc1ccc(Br)cc1. The zero-order chi connectivity index (χ0) is 12.4. The molecule has 0 aromatic heterocycles. The summed E-state index contributed by atoms with van der Waals surface area (Å²) in [5, 5.41) is -1.03. The maximum atomic E-state index is 11.3. The molecular formula is C8H9BrO5S2. The van der Waals surface area contributed by atoms with Gasteiger partial charge in [0.15, 0.2) is 14.9 Å². The van der Waals surface area contributed by atoms with E-state index >= 15 is 0 Å². The highest BCUT2D eigenvalue weighted by molar-refractivity contribution is 9.10. The van der Waals surface area contributed by atoms with Crippen LogP contribution in [0.15, 0.2) is 28.7 Å². The van der Waals surface area contributed by atoms with Gasteiger partial charge in [-0.15, -0.1) is 0 Å². The van der Waals surface area contributed by atoms with Crippen molar-refractivity contribution >= 4 is 35.9 Å². The van der Waals surface area contributed by atoms with Gasteiger partial charge in [-0.05, 0) is 24.3 Å². The lowest BCUT2D eigenvalue weighted by atomic mass is 10.3. The number of benzene rings is 1. The van der Waals surface area contributed by atoms with E-state index in [2.05, 4.69) is 20.1 Å². The van der Waals surface area contributed by atoms with Crippen LogP contribution in [0, 0.1) is 0 Å². The minimum atomic E-state index is -4.11. The summed E-state index contributed by atoms with van der Waals surface area (Å²) in [5.41, 5.74) is 0.